The highest BCUT2D eigenvalue weighted by Gasteiger charge is 2.07. The lowest BCUT2D eigenvalue weighted by atomic mass is 10.2. The number of nitrogens with one attached hydrogen (secondary N) is 1. The molecule has 0 spiro atoms. The van der Waals surface area contributed by atoms with Gasteiger partial charge in [0.05, 0.1) is 7.11 Å². The average Bonchev–Trinajstić information content (AvgIpc) is 2.83. The first kappa shape index (κ1) is 13.5. The van der Waals surface area contributed by atoms with Gasteiger partial charge in [0.2, 0.25) is 5.88 Å². The van der Waals surface area contributed by atoms with E-state index in [-0.39, 0.29) is 0 Å². The molecule has 2 aromatic heterocycles. The molecule has 0 fully saturated rings. The molecule has 0 aliphatic rings. The monoisotopic (exact) mass is 326 g/mol. The van der Waals surface area contributed by atoms with Crippen LogP contribution in [0.15, 0.2) is 34.2 Å². The van der Waals surface area contributed by atoms with Crippen LogP contribution in [0.3, 0.4) is 0 Å². The quantitative estimate of drug-likeness (QED) is 0.908. The Labute approximate surface area is 119 Å². The van der Waals surface area contributed by atoms with Crippen LogP contribution in [0.2, 0.25) is 0 Å². The summed E-state index contributed by atoms with van der Waals surface area (Å²) in [6, 6.07) is 6.39. The summed E-state index contributed by atoms with van der Waals surface area (Å²) in [7, 11) is 1.62. The molecule has 0 radical (unpaired) electrons. The van der Waals surface area contributed by atoms with E-state index in [2.05, 4.69) is 44.6 Å². The summed E-state index contributed by atoms with van der Waals surface area (Å²) in [5, 5.41) is 5.57. The first-order valence-electron chi connectivity index (χ1n) is 5.65. The molecule has 2 heterocycles. The number of rotatable bonds is 5. The molecule has 1 atom stereocenters. The van der Waals surface area contributed by atoms with E-state index in [0.29, 0.717) is 11.9 Å². The summed E-state index contributed by atoms with van der Waals surface area (Å²) >= 11 is 5.22. The summed E-state index contributed by atoms with van der Waals surface area (Å²) in [4.78, 5) is 5.51. The number of pyridine rings is 1. The van der Waals surface area contributed by atoms with Gasteiger partial charge in [-0.1, -0.05) is 6.07 Å². The highest BCUT2D eigenvalue weighted by atomic mass is 79.9. The Morgan fingerprint density at radius 3 is 2.89 bits per heavy atom. The van der Waals surface area contributed by atoms with Crippen LogP contribution in [0, 0.1) is 0 Å². The minimum atomic E-state index is 0.336. The Morgan fingerprint density at radius 1 is 1.50 bits per heavy atom. The standard InChI is InChI=1S/C13H15BrN2OS/c1-9(12-5-11(14)8-18-12)15-6-10-3-4-13(17-2)16-7-10/h3-5,7-9,15H,6H2,1-2H3. The minimum Gasteiger partial charge on any atom is -0.481 e. The van der Waals surface area contributed by atoms with Gasteiger partial charge >= 0.3 is 0 Å². The van der Waals surface area contributed by atoms with Crippen molar-refractivity contribution in [2.75, 3.05) is 7.11 Å². The molecule has 0 aromatic carbocycles. The molecule has 0 saturated carbocycles. The number of hydrogen-bond donors (Lipinski definition) is 1. The maximum absolute atomic E-state index is 5.03. The molecule has 0 aliphatic heterocycles. The normalized spacial score (nSPS) is 12.4. The molecule has 3 nitrogen and oxygen atoms in total. The SMILES string of the molecule is COc1ccc(CNC(C)c2cc(Br)cs2)cn1. The van der Waals surface area contributed by atoms with E-state index in [1.165, 1.54) is 4.88 Å². The summed E-state index contributed by atoms with van der Waals surface area (Å²) in [6.45, 7) is 2.96. The second kappa shape index (κ2) is 6.31. The topological polar surface area (TPSA) is 34.1 Å². The largest absolute Gasteiger partial charge is 0.481 e. The number of nitrogens with zero attached hydrogens (tertiary/aromatic N) is 1. The molecule has 96 valence electrons. The van der Waals surface area contributed by atoms with Gasteiger partial charge in [-0.2, -0.15) is 0 Å². The van der Waals surface area contributed by atoms with E-state index < -0.39 is 0 Å². The maximum Gasteiger partial charge on any atom is 0.212 e. The Morgan fingerprint density at radius 2 is 2.33 bits per heavy atom. The molecule has 2 rings (SSSR count). The smallest absolute Gasteiger partial charge is 0.212 e. The summed E-state index contributed by atoms with van der Waals surface area (Å²) in [5.41, 5.74) is 1.15. The second-order valence-electron chi connectivity index (χ2n) is 3.98. The molecule has 0 bridgehead atoms. The maximum atomic E-state index is 5.03. The lowest BCUT2D eigenvalue weighted by molar-refractivity contribution is 0.397. The van der Waals surface area contributed by atoms with Gasteiger partial charge in [0.15, 0.2) is 0 Å². The third-order valence-electron chi connectivity index (χ3n) is 2.63. The zero-order valence-corrected chi connectivity index (χ0v) is 12.7. The fraction of sp³-hybridized carbons (Fsp3) is 0.308. The molecule has 18 heavy (non-hydrogen) atoms. The number of hydrogen-bond acceptors (Lipinski definition) is 4. The van der Waals surface area contributed by atoms with Crippen molar-refractivity contribution in [2.45, 2.75) is 19.5 Å². The first-order chi connectivity index (χ1) is 8.69. The van der Waals surface area contributed by atoms with Crippen molar-refractivity contribution in [3.05, 3.63) is 44.7 Å². The predicted molar refractivity (Wildman–Crippen MR) is 78.1 cm³/mol. The summed E-state index contributed by atoms with van der Waals surface area (Å²) < 4.78 is 6.17. The van der Waals surface area contributed by atoms with E-state index in [4.69, 9.17) is 4.74 Å². The molecule has 1 N–H and O–H groups in total. The molecule has 0 saturated heterocycles. The van der Waals surface area contributed by atoms with Gasteiger partial charge in [0.1, 0.15) is 0 Å². The summed E-state index contributed by atoms with van der Waals surface area (Å²) in [6.07, 6.45) is 1.84. The van der Waals surface area contributed by atoms with Crippen LogP contribution >= 0.6 is 27.3 Å². The van der Waals surface area contributed by atoms with Crippen LogP contribution in [0.1, 0.15) is 23.4 Å². The number of aromatic nitrogens is 1. The summed E-state index contributed by atoms with van der Waals surface area (Å²) in [5.74, 6) is 0.647. The van der Waals surface area contributed by atoms with Crippen LogP contribution in [-0.4, -0.2) is 12.1 Å². The molecule has 5 heteroatoms. The van der Waals surface area contributed by atoms with Gasteiger partial charge in [0.25, 0.3) is 0 Å². The molecule has 0 aliphatic carbocycles. The zero-order chi connectivity index (χ0) is 13.0. The van der Waals surface area contributed by atoms with E-state index in [9.17, 15) is 0 Å². The minimum absolute atomic E-state index is 0.336. The van der Waals surface area contributed by atoms with Crippen LogP contribution in [-0.2, 0) is 6.54 Å². The van der Waals surface area contributed by atoms with Crippen molar-refractivity contribution in [3.8, 4) is 5.88 Å². The lowest BCUT2D eigenvalue weighted by Crippen LogP contribution is -2.17. The Bertz CT molecular complexity index is 498. The molecular weight excluding hydrogens is 312 g/mol. The van der Waals surface area contributed by atoms with Crippen LogP contribution < -0.4 is 10.1 Å². The molecule has 0 amide bonds. The van der Waals surface area contributed by atoms with Gasteiger partial charge in [0, 0.05) is 39.6 Å². The third kappa shape index (κ3) is 3.54. The highest BCUT2D eigenvalue weighted by Crippen LogP contribution is 2.25. The van der Waals surface area contributed by atoms with Crippen molar-refractivity contribution in [2.24, 2.45) is 0 Å². The van der Waals surface area contributed by atoms with Crippen molar-refractivity contribution in [3.63, 3.8) is 0 Å². The molecular formula is C13H15BrN2OS. The Hall–Kier alpha value is -0.910. The Balaban J connectivity index is 1.90. The lowest BCUT2D eigenvalue weighted by Gasteiger charge is -2.12. The van der Waals surface area contributed by atoms with Crippen LogP contribution in [0.4, 0.5) is 0 Å². The van der Waals surface area contributed by atoms with Crippen molar-refractivity contribution < 1.29 is 4.74 Å². The number of halogens is 1. The van der Waals surface area contributed by atoms with Gasteiger partial charge < -0.3 is 10.1 Å². The van der Waals surface area contributed by atoms with Crippen LogP contribution in [0.25, 0.3) is 0 Å². The zero-order valence-electron chi connectivity index (χ0n) is 10.3. The fourth-order valence-corrected chi connectivity index (χ4v) is 3.04. The fourth-order valence-electron chi connectivity index (χ4n) is 1.56. The molecule has 1 unspecified atom stereocenters. The molecule has 2 aromatic rings. The third-order valence-corrected chi connectivity index (χ3v) is 4.51. The van der Waals surface area contributed by atoms with Gasteiger partial charge in [-0.3, -0.25) is 0 Å². The Kier molecular flexibility index (Phi) is 4.74. The predicted octanol–water partition coefficient (Wildman–Crippen LogP) is 3.77. The van der Waals surface area contributed by atoms with E-state index in [1.807, 2.05) is 18.3 Å². The number of thiophene rings is 1. The number of methoxy groups -OCH3 is 1. The highest BCUT2D eigenvalue weighted by molar-refractivity contribution is 9.10. The van der Waals surface area contributed by atoms with Gasteiger partial charge in [-0.15, -0.1) is 11.3 Å². The van der Waals surface area contributed by atoms with Crippen molar-refractivity contribution in [1.82, 2.24) is 10.3 Å². The van der Waals surface area contributed by atoms with E-state index >= 15 is 0 Å². The number of ether oxygens (including phenoxy) is 1. The van der Waals surface area contributed by atoms with Crippen LogP contribution in [0.5, 0.6) is 5.88 Å². The van der Waals surface area contributed by atoms with Crippen molar-refractivity contribution >= 4 is 27.3 Å². The second-order valence-corrected chi connectivity index (χ2v) is 5.84. The first-order valence-corrected chi connectivity index (χ1v) is 7.32. The van der Waals surface area contributed by atoms with E-state index in [0.717, 1.165) is 16.6 Å². The van der Waals surface area contributed by atoms with Gasteiger partial charge in [-0.05, 0) is 34.5 Å². The van der Waals surface area contributed by atoms with Crippen molar-refractivity contribution in [1.29, 1.82) is 0 Å². The van der Waals surface area contributed by atoms with E-state index in [1.54, 1.807) is 18.4 Å². The van der Waals surface area contributed by atoms with Gasteiger partial charge in [-0.25, -0.2) is 4.98 Å². The average molecular weight is 327 g/mol.